The Hall–Kier alpha value is -3.33. The standard InChI is InChI=1S/C18H21N5O8S2/c1-4-29-18(27)31-8(2)30-16(26)10-5-6-32-15-12(14(25)23(10)15)21-13(24)11(22-28-3)9-7-33-17(19)20-9/h5,7-8,12,15H,4,6H2,1-3H3,(H2,19,20)(H,21,24)/b22-11-/t8?,12-,15-/m1/s1. The molecule has 1 unspecified atom stereocenters. The lowest BCUT2D eigenvalue weighted by Crippen LogP contribution is -2.70. The van der Waals surface area contributed by atoms with Crippen molar-refractivity contribution in [1.82, 2.24) is 15.2 Å². The SMILES string of the molecule is CCOC(=O)OC(C)OC(=O)C1=CCS[C@@H]2[C@H](NC(=O)/C(=N\OC)c3csc(N)n3)C(=O)N12. The molecule has 2 aliphatic rings. The van der Waals surface area contributed by atoms with Crippen LogP contribution in [0.3, 0.4) is 0 Å². The summed E-state index contributed by atoms with van der Waals surface area (Å²) in [6.45, 7) is 3.04. The van der Waals surface area contributed by atoms with E-state index in [1.165, 1.54) is 42.2 Å². The molecule has 0 spiro atoms. The summed E-state index contributed by atoms with van der Waals surface area (Å²) in [6.07, 6.45) is -0.690. The van der Waals surface area contributed by atoms with Crippen LogP contribution in [0, 0.1) is 0 Å². The molecule has 2 aliphatic heterocycles. The maximum Gasteiger partial charge on any atom is 0.511 e. The number of fused-ring (bicyclic) bond motifs is 1. The largest absolute Gasteiger partial charge is 0.511 e. The maximum absolute atomic E-state index is 12.8. The van der Waals surface area contributed by atoms with Crippen LogP contribution in [0.1, 0.15) is 19.5 Å². The molecular formula is C18H21N5O8S2. The summed E-state index contributed by atoms with van der Waals surface area (Å²) in [5.74, 6) is -1.66. The number of β-lactam (4-membered cyclic amide) rings is 1. The van der Waals surface area contributed by atoms with Gasteiger partial charge in [-0.2, -0.15) is 0 Å². The number of carbonyl (C=O) groups excluding carboxylic acids is 4. The van der Waals surface area contributed by atoms with Crippen LogP contribution in [0.15, 0.2) is 22.3 Å². The van der Waals surface area contributed by atoms with Crippen LogP contribution in [0.5, 0.6) is 0 Å². The van der Waals surface area contributed by atoms with E-state index in [0.717, 1.165) is 11.3 Å². The minimum absolute atomic E-state index is 0.00776. The summed E-state index contributed by atoms with van der Waals surface area (Å²) in [4.78, 5) is 59.3. The number of nitrogens with zero attached hydrogens (tertiary/aromatic N) is 3. The number of ether oxygens (including phenoxy) is 3. The topological polar surface area (TPSA) is 172 Å². The average Bonchev–Trinajstić information content (AvgIpc) is 3.20. The van der Waals surface area contributed by atoms with Crippen molar-refractivity contribution < 1.29 is 38.2 Å². The molecule has 13 nitrogen and oxygen atoms in total. The fraction of sp³-hybridized carbons (Fsp3) is 0.444. The Morgan fingerprint density at radius 3 is 2.79 bits per heavy atom. The molecule has 0 aromatic carbocycles. The van der Waals surface area contributed by atoms with Crippen LogP contribution in [-0.4, -0.2) is 76.7 Å². The fourth-order valence-corrected chi connectivity index (χ4v) is 4.70. The molecule has 1 aromatic heterocycles. The molecule has 1 fully saturated rings. The van der Waals surface area contributed by atoms with E-state index in [-0.39, 0.29) is 28.8 Å². The molecule has 1 saturated heterocycles. The number of nitrogens with two attached hydrogens (primary N) is 1. The summed E-state index contributed by atoms with van der Waals surface area (Å²) in [5, 5.41) is 7.51. The Labute approximate surface area is 196 Å². The van der Waals surface area contributed by atoms with Crippen LogP contribution in [0.4, 0.5) is 9.93 Å². The Bertz CT molecular complexity index is 1010. The third-order valence-corrected chi connectivity index (χ3v) is 6.16. The van der Waals surface area contributed by atoms with Crippen molar-refractivity contribution in [2.45, 2.75) is 31.6 Å². The van der Waals surface area contributed by atoms with Crippen molar-refractivity contribution in [1.29, 1.82) is 0 Å². The van der Waals surface area contributed by atoms with Crippen LogP contribution in [0.25, 0.3) is 0 Å². The molecule has 3 heterocycles. The summed E-state index contributed by atoms with van der Waals surface area (Å²) < 4.78 is 14.5. The molecule has 1 aromatic rings. The van der Waals surface area contributed by atoms with Crippen molar-refractivity contribution in [3.8, 4) is 0 Å². The van der Waals surface area contributed by atoms with Gasteiger partial charge in [0, 0.05) is 18.1 Å². The number of nitrogen functional groups attached to an aromatic ring is 1. The summed E-state index contributed by atoms with van der Waals surface area (Å²) in [7, 11) is 1.27. The van der Waals surface area contributed by atoms with E-state index in [1.54, 1.807) is 6.92 Å². The van der Waals surface area contributed by atoms with E-state index in [1.807, 2.05) is 0 Å². The Kier molecular flexibility index (Phi) is 7.75. The van der Waals surface area contributed by atoms with Gasteiger partial charge in [-0.25, -0.2) is 14.6 Å². The lowest BCUT2D eigenvalue weighted by Gasteiger charge is -2.48. The van der Waals surface area contributed by atoms with Gasteiger partial charge in [-0.15, -0.1) is 23.1 Å². The fourth-order valence-electron chi connectivity index (χ4n) is 2.95. The van der Waals surface area contributed by atoms with Crippen molar-refractivity contribution in [2.24, 2.45) is 5.16 Å². The first kappa shape index (κ1) is 24.3. The molecule has 178 valence electrons. The highest BCUT2D eigenvalue weighted by molar-refractivity contribution is 8.00. The second-order valence-corrected chi connectivity index (χ2v) is 8.48. The van der Waals surface area contributed by atoms with Gasteiger partial charge in [0.1, 0.15) is 29.9 Å². The van der Waals surface area contributed by atoms with Crippen LogP contribution >= 0.6 is 23.1 Å². The van der Waals surface area contributed by atoms with Crippen molar-refractivity contribution >= 4 is 57.9 Å². The zero-order valence-corrected chi connectivity index (χ0v) is 19.4. The molecule has 3 atom stereocenters. The highest BCUT2D eigenvalue weighted by Crippen LogP contribution is 2.38. The number of rotatable bonds is 8. The minimum atomic E-state index is -1.23. The van der Waals surface area contributed by atoms with Crippen LogP contribution < -0.4 is 11.1 Å². The Balaban J connectivity index is 1.64. The van der Waals surface area contributed by atoms with Gasteiger partial charge in [0.25, 0.3) is 11.8 Å². The second-order valence-electron chi connectivity index (χ2n) is 6.44. The molecule has 3 rings (SSSR count). The first-order valence-corrected chi connectivity index (χ1v) is 11.5. The average molecular weight is 500 g/mol. The first-order chi connectivity index (χ1) is 15.8. The molecule has 3 N–H and O–H groups in total. The Morgan fingerprint density at radius 1 is 1.39 bits per heavy atom. The number of aromatic nitrogens is 1. The number of oxime groups is 1. The molecule has 0 saturated carbocycles. The second kappa shape index (κ2) is 10.5. The molecule has 33 heavy (non-hydrogen) atoms. The van der Waals surface area contributed by atoms with Crippen LogP contribution in [0.2, 0.25) is 0 Å². The van der Waals surface area contributed by atoms with E-state index >= 15 is 0 Å². The van der Waals surface area contributed by atoms with Gasteiger partial charge in [-0.05, 0) is 13.0 Å². The maximum atomic E-state index is 12.8. The van der Waals surface area contributed by atoms with E-state index in [2.05, 4.69) is 20.2 Å². The summed E-state index contributed by atoms with van der Waals surface area (Å²) in [5.41, 5.74) is 5.67. The zero-order chi connectivity index (χ0) is 24.1. The number of nitrogens with one attached hydrogen (secondary N) is 1. The highest BCUT2D eigenvalue weighted by atomic mass is 32.2. The van der Waals surface area contributed by atoms with Crippen molar-refractivity contribution in [3.63, 3.8) is 0 Å². The first-order valence-electron chi connectivity index (χ1n) is 9.59. The predicted octanol–water partition coefficient (Wildman–Crippen LogP) is 0.422. The Morgan fingerprint density at radius 2 is 2.15 bits per heavy atom. The molecule has 0 aliphatic carbocycles. The molecule has 15 heteroatoms. The molecule has 0 bridgehead atoms. The molecular weight excluding hydrogens is 478 g/mol. The highest BCUT2D eigenvalue weighted by Gasteiger charge is 2.53. The number of hydrogen-bond donors (Lipinski definition) is 2. The van der Waals surface area contributed by atoms with Gasteiger partial charge in [-0.1, -0.05) is 5.16 Å². The quantitative estimate of drug-likeness (QED) is 0.167. The number of thiazole rings is 1. The van der Waals surface area contributed by atoms with Gasteiger partial charge in [-0.3, -0.25) is 14.5 Å². The van der Waals surface area contributed by atoms with E-state index in [4.69, 9.17) is 20.0 Å². The van der Waals surface area contributed by atoms with Crippen molar-refractivity contribution in [3.05, 3.63) is 22.8 Å². The van der Waals surface area contributed by atoms with Gasteiger partial charge >= 0.3 is 12.1 Å². The van der Waals surface area contributed by atoms with Crippen molar-refractivity contribution in [2.75, 3.05) is 25.2 Å². The lowest BCUT2D eigenvalue weighted by molar-refractivity contribution is -0.168. The van der Waals surface area contributed by atoms with Gasteiger partial charge in [0.2, 0.25) is 6.29 Å². The van der Waals surface area contributed by atoms with Gasteiger partial charge in [0.05, 0.1) is 6.61 Å². The van der Waals surface area contributed by atoms with Gasteiger partial charge in [0.15, 0.2) is 10.8 Å². The smallest absolute Gasteiger partial charge is 0.435 e. The zero-order valence-electron chi connectivity index (χ0n) is 17.8. The predicted molar refractivity (Wildman–Crippen MR) is 117 cm³/mol. The van der Waals surface area contributed by atoms with Gasteiger partial charge < -0.3 is 30.1 Å². The van der Waals surface area contributed by atoms with E-state index in [9.17, 15) is 19.2 Å². The molecule has 2 amide bonds. The van der Waals surface area contributed by atoms with E-state index in [0.29, 0.717) is 5.75 Å². The summed E-state index contributed by atoms with van der Waals surface area (Å²) >= 11 is 2.47. The lowest BCUT2D eigenvalue weighted by atomic mass is 10.0. The number of amides is 2. The number of thioether (sulfide) groups is 1. The summed E-state index contributed by atoms with van der Waals surface area (Å²) in [6, 6.07) is -0.912. The van der Waals surface area contributed by atoms with Crippen LogP contribution in [-0.2, 0) is 33.4 Å². The number of esters is 1. The third-order valence-electron chi connectivity index (χ3n) is 4.30. The minimum Gasteiger partial charge on any atom is -0.435 e. The monoisotopic (exact) mass is 499 g/mol. The number of anilines is 1. The number of carbonyl (C=O) groups is 4. The number of hydrogen-bond acceptors (Lipinski definition) is 13. The normalized spacial score (nSPS) is 20.6. The van der Waals surface area contributed by atoms with E-state index < -0.39 is 41.6 Å². The molecule has 0 radical (unpaired) electrons. The third kappa shape index (κ3) is 5.36.